The Balaban J connectivity index is 1.52. The number of rotatable bonds is 4. The Morgan fingerprint density at radius 1 is 1.07 bits per heavy atom. The van der Waals surface area contributed by atoms with E-state index in [0.717, 1.165) is 34.5 Å². The van der Waals surface area contributed by atoms with Gasteiger partial charge in [-0.15, -0.1) is 0 Å². The lowest BCUT2D eigenvalue weighted by molar-refractivity contribution is -0.137. The molecule has 0 bridgehead atoms. The fourth-order valence-corrected chi connectivity index (χ4v) is 3.33. The third kappa shape index (κ3) is 4.03. The Morgan fingerprint density at radius 2 is 1.86 bits per heavy atom. The summed E-state index contributed by atoms with van der Waals surface area (Å²) in [6.45, 7) is 0. The number of hydrogen-bond donors (Lipinski definition) is 1. The van der Waals surface area contributed by atoms with Crippen molar-refractivity contribution in [3.63, 3.8) is 0 Å². The molecule has 2 aromatic heterocycles. The first-order valence-electron chi connectivity index (χ1n) is 8.96. The Bertz CT molecular complexity index is 1070. The number of nitrogens with zero attached hydrogens (tertiary/aromatic N) is 2. The SMILES string of the molecule is O=C(Cc1ccc(C(F)(F)F)cc1)NC1=CCc2nccc(-c3cccnc3)c21. The molecule has 146 valence electrons. The number of alkyl halides is 3. The van der Waals surface area contributed by atoms with Crippen LogP contribution < -0.4 is 5.32 Å². The number of nitrogens with one attached hydrogen (secondary N) is 1. The predicted octanol–water partition coefficient (Wildman–Crippen LogP) is 4.42. The normalized spacial score (nSPS) is 13.0. The molecule has 0 atom stereocenters. The molecule has 1 N–H and O–H groups in total. The highest BCUT2D eigenvalue weighted by Gasteiger charge is 2.30. The second-order valence-corrected chi connectivity index (χ2v) is 6.66. The molecule has 1 aromatic carbocycles. The Morgan fingerprint density at radius 3 is 2.55 bits per heavy atom. The van der Waals surface area contributed by atoms with Crippen LogP contribution in [-0.2, 0) is 23.8 Å². The highest BCUT2D eigenvalue weighted by Crippen LogP contribution is 2.33. The first-order valence-corrected chi connectivity index (χ1v) is 8.96. The zero-order valence-corrected chi connectivity index (χ0v) is 15.2. The van der Waals surface area contributed by atoms with Crippen molar-refractivity contribution >= 4 is 11.6 Å². The van der Waals surface area contributed by atoms with E-state index >= 15 is 0 Å². The van der Waals surface area contributed by atoms with E-state index in [1.165, 1.54) is 12.1 Å². The van der Waals surface area contributed by atoms with Crippen molar-refractivity contribution in [2.45, 2.75) is 19.0 Å². The Hall–Kier alpha value is -3.48. The van der Waals surface area contributed by atoms with Crippen molar-refractivity contribution < 1.29 is 18.0 Å². The third-order valence-electron chi connectivity index (χ3n) is 4.69. The van der Waals surface area contributed by atoms with Gasteiger partial charge >= 0.3 is 6.18 Å². The smallest absolute Gasteiger partial charge is 0.325 e. The maximum Gasteiger partial charge on any atom is 0.416 e. The minimum Gasteiger partial charge on any atom is -0.325 e. The Kier molecular flexibility index (Phi) is 4.88. The zero-order chi connectivity index (χ0) is 20.4. The van der Waals surface area contributed by atoms with Gasteiger partial charge in [0.25, 0.3) is 0 Å². The fraction of sp³-hybridized carbons (Fsp3) is 0.136. The van der Waals surface area contributed by atoms with E-state index in [9.17, 15) is 18.0 Å². The molecule has 3 aromatic rings. The molecule has 4 rings (SSSR count). The maximum atomic E-state index is 12.7. The zero-order valence-electron chi connectivity index (χ0n) is 15.2. The van der Waals surface area contributed by atoms with E-state index < -0.39 is 11.7 Å². The minimum atomic E-state index is -4.39. The molecule has 7 heteroatoms. The van der Waals surface area contributed by atoms with Gasteiger partial charge in [-0.3, -0.25) is 14.8 Å². The molecule has 1 aliphatic rings. The summed E-state index contributed by atoms with van der Waals surface area (Å²) < 4.78 is 38.0. The second-order valence-electron chi connectivity index (χ2n) is 6.66. The lowest BCUT2D eigenvalue weighted by Gasteiger charge is -2.13. The highest BCUT2D eigenvalue weighted by atomic mass is 19.4. The van der Waals surface area contributed by atoms with Crippen LogP contribution in [0.3, 0.4) is 0 Å². The summed E-state index contributed by atoms with van der Waals surface area (Å²) in [6.07, 6.45) is 3.23. The van der Waals surface area contributed by atoms with E-state index in [1.807, 2.05) is 24.3 Å². The van der Waals surface area contributed by atoms with E-state index in [1.54, 1.807) is 18.6 Å². The average molecular weight is 395 g/mol. The van der Waals surface area contributed by atoms with Crippen LogP contribution in [0.4, 0.5) is 13.2 Å². The lowest BCUT2D eigenvalue weighted by atomic mass is 10.0. The van der Waals surface area contributed by atoms with Gasteiger partial charge in [-0.2, -0.15) is 13.2 Å². The largest absolute Gasteiger partial charge is 0.416 e. The number of carbonyl (C=O) groups excluding carboxylic acids is 1. The lowest BCUT2D eigenvalue weighted by Crippen LogP contribution is -2.23. The van der Waals surface area contributed by atoms with Crippen molar-refractivity contribution in [1.29, 1.82) is 0 Å². The third-order valence-corrected chi connectivity index (χ3v) is 4.69. The predicted molar refractivity (Wildman–Crippen MR) is 102 cm³/mol. The van der Waals surface area contributed by atoms with Gasteiger partial charge in [-0.25, -0.2) is 0 Å². The van der Waals surface area contributed by atoms with E-state index in [4.69, 9.17) is 0 Å². The summed E-state index contributed by atoms with van der Waals surface area (Å²) in [6, 6.07) is 10.3. The van der Waals surface area contributed by atoms with Crippen molar-refractivity contribution in [3.8, 4) is 11.1 Å². The molecule has 0 unspecified atom stereocenters. The van der Waals surface area contributed by atoms with Crippen molar-refractivity contribution in [1.82, 2.24) is 15.3 Å². The van der Waals surface area contributed by atoms with Gasteiger partial charge in [-0.1, -0.05) is 24.3 Å². The number of hydrogen-bond acceptors (Lipinski definition) is 3. The van der Waals surface area contributed by atoms with Crippen LogP contribution in [0.5, 0.6) is 0 Å². The summed E-state index contributed by atoms with van der Waals surface area (Å²) in [5.41, 5.74) is 3.97. The molecule has 0 radical (unpaired) electrons. The van der Waals surface area contributed by atoms with Crippen LogP contribution in [0.15, 0.2) is 67.1 Å². The molecule has 0 spiro atoms. The van der Waals surface area contributed by atoms with E-state index in [-0.39, 0.29) is 12.3 Å². The molecule has 0 saturated heterocycles. The molecule has 0 aliphatic heterocycles. The minimum absolute atomic E-state index is 0.0205. The highest BCUT2D eigenvalue weighted by molar-refractivity contribution is 5.93. The number of fused-ring (bicyclic) bond motifs is 1. The van der Waals surface area contributed by atoms with Gasteiger partial charge in [-0.05, 0) is 35.4 Å². The van der Waals surface area contributed by atoms with Crippen molar-refractivity contribution in [2.75, 3.05) is 0 Å². The summed E-state index contributed by atoms with van der Waals surface area (Å²) in [5.74, 6) is -0.301. The number of amides is 1. The van der Waals surface area contributed by atoms with Crippen molar-refractivity contribution in [3.05, 3.63) is 89.5 Å². The van der Waals surface area contributed by atoms with Crippen LogP contribution in [0.2, 0.25) is 0 Å². The van der Waals surface area contributed by atoms with Gasteiger partial charge in [0.15, 0.2) is 0 Å². The summed E-state index contributed by atoms with van der Waals surface area (Å²) in [4.78, 5) is 21.0. The number of benzene rings is 1. The molecule has 2 heterocycles. The molecular formula is C22H16F3N3O. The average Bonchev–Trinajstić information content (AvgIpc) is 3.11. The summed E-state index contributed by atoms with van der Waals surface area (Å²) in [7, 11) is 0. The number of aromatic nitrogens is 2. The number of carbonyl (C=O) groups is 1. The molecule has 0 saturated carbocycles. The van der Waals surface area contributed by atoms with Crippen LogP contribution in [0, 0.1) is 0 Å². The monoisotopic (exact) mass is 395 g/mol. The van der Waals surface area contributed by atoms with E-state index in [2.05, 4.69) is 15.3 Å². The molecule has 1 aliphatic carbocycles. The summed E-state index contributed by atoms with van der Waals surface area (Å²) in [5, 5.41) is 2.88. The van der Waals surface area contributed by atoms with Crippen LogP contribution in [-0.4, -0.2) is 15.9 Å². The first-order chi connectivity index (χ1) is 13.9. The van der Waals surface area contributed by atoms with Crippen LogP contribution >= 0.6 is 0 Å². The second kappa shape index (κ2) is 7.50. The van der Waals surface area contributed by atoms with E-state index in [0.29, 0.717) is 17.7 Å². The molecule has 4 nitrogen and oxygen atoms in total. The molecule has 29 heavy (non-hydrogen) atoms. The van der Waals surface area contributed by atoms with Crippen LogP contribution in [0.25, 0.3) is 16.8 Å². The topological polar surface area (TPSA) is 54.9 Å². The van der Waals surface area contributed by atoms with Gasteiger partial charge in [0.1, 0.15) is 0 Å². The Labute approximate surface area is 165 Å². The number of pyridine rings is 2. The quantitative estimate of drug-likeness (QED) is 0.712. The first kappa shape index (κ1) is 18.9. The van der Waals surface area contributed by atoms with Gasteiger partial charge in [0.2, 0.25) is 5.91 Å². The molecular weight excluding hydrogens is 379 g/mol. The fourth-order valence-electron chi connectivity index (χ4n) is 3.33. The molecule has 1 amide bonds. The standard InChI is InChI=1S/C22H16F3N3O/c23-22(24,25)16-5-3-14(4-6-16)12-20(29)28-19-8-7-18-21(19)17(9-11-27-18)15-2-1-10-26-13-15/h1-6,8-11,13H,7,12H2,(H,28,29). The summed E-state index contributed by atoms with van der Waals surface area (Å²) >= 11 is 0. The van der Waals surface area contributed by atoms with Crippen molar-refractivity contribution in [2.24, 2.45) is 0 Å². The van der Waals surface area contributed by atoms with Gasteiger partial charge in [0, 0.05) is 41.8 Å². The maximum absolute atomic E-state index is 12.7. The molecule has 0 fully saturated rings. The van der Waals surface area contributed by atoms with Gasteiger partial charge in [0.05, 0.1) is 17.7 Å². The number of allylic oxidation sites excluding steroid dienone is 1. The van der Waals surface area contributed by atoms with Gasteiger partial charge < -0.3 is 5.32 Å². The van der Waals surface area contributed by atoms with Crippen LogP contribution in [0.1, 0.15) is 22.4 Å². The number of halogens is 3.